The molecular formula is C31H29FN2O6. The Morgan fingerprint density at radius 3 is 2.50 bits per heavy atom. The summed E-state index contributed by atoms with van der Waals surface area (Å²) in [4.78, 5) is 40.4. The molecule has 0 radical (unpaired) electrons. The fourth-order valence-corrected chi connectivity index (χ4v) is 4.98. The summed E-state index contributed by atoms with van der Waals surface area (Å²) in [5.41, 5.74) is 3.10. The number of hydrogen-bond acceptors (Lipinski definition) is 6. The first kappa shape index (κ1) is 26.9. The van der Waals surface area contributed by atoms with Crippen molar-refractivity contribution in [3.05, 3.63) is 106 Å². The molecular weight excluding hydrogens is 515 g/mol. The van der Waals surface area contributed by atoms with Gasteiger partial charge < -0.3 is 24.4 Å². The van der Waals surface area contributed by atoms with Crippen LogP contribution in [0.5, 0.6) is 11.5 Å². The van der Waals surface area contributed by atoms with E-state index in [2.05, 4.69) is 5.32 Å². The minimum absolute atomic E-state index is 0.0627. The second kappa shape index (κ2) is 11.6. The fourth-order valence-electron chi connectivity index (χ4n) is 4.98. The van der Waals surface area contributed by atoms with Crippen molar-refractivity contribution in [3.8, 4) is 11.5 Å². The molecule has 3 aromatic rings. The molecule has 0 aliphatic carbocycles. The lowest BCUT2D eigenvalue weighted by Gasteiger charge is -2.34. The predicted molar refractivity (Wildman–Crippen MR) is 144 cm³/mol. The number of carbonyl (C=O) groups excluding carboxylic acids is 3. The number of halogens is 1. The number of ether oxygens (including phenoxy) is 3. The number of nitrogens with zero attached hydrogens (tertiary/aromatic N) is 1. The third kappa shape index (κ3) is 5.54. The molecule has 40 heavy (non-hydrogen) atoms. The Hall–Kier alpha value is -4.66. The number of esters is 1. The number of amides is 2. The highest BCUT2D eigenvalue weighted by atomic mass is 19.1. The standard InChI is InChI=1S/C31H29FN2O6/c1-3-38-31(37)29-19(2)34(28(35)15-24(29)23-6-4-5-7-25(23)32)17-20-8-11-22(12-9-20)30(36)33-16-21-10-13-26-27(14-21)40-18-39-26/h4-14,24H,3,15-18H2,1-2H3,(H,33,36). The molecule has 0 aromatic heterocycles. The van der Waals surface area contributed by atoms with Gasteiger partial charge in [-0.15, -0.1) is 0 Å². The molecule has 2 amide bonds. The van der Waals surface area contributed by atoms with E-state index in [1.54, 1.807) is 56.3 Å². The summed E-state index contributed by atoms with van der Waals surface area (Å²) in [6.07, 6.45) is -0.0627. The Kier molecular flexibility index (Phi) is 7.82. The maximum Gasteiger partial charge on any atom is 0.336 e. The van der Waals surface area contributed by atoms with E-state index < -0.39 is 17.7 Å². The van der Waals surface area contributed by atoms with E-state index in [1.807, 2.05) is 18.2 Å². The second-order valence-corrected chi connectivity index (χ2v) is 9.54. The van der Waals surface area contributed by atoms with Crippen molar-refractivity contribution in [1.82, 2.24) is 10.2 Å². The van der Waals surface area contributed by atoms with Crippen LogP contribution in [0.1, 0.15) is 53.2 Å². The van der Waals surface area contributed by atoms with Crippen LogP contribution in [0.4, 0.5) is 4.39 Å². The lowest BCUT2D eigenvalue weighted by Crippen LogP contribution is -2.38. The average molecular weight is 545 g/mol. The van der Waals surface area contributed by atoms with E-state index in [4.69, 9.17) is 14.2 Å². The highest BCUT2D eigenvalue weighted by Gasteiger charge is 2.38. The zero-order valence-electron chi connectivity index (χ0n) is 22.2. The van der Waals surface area contributed by atoms with E-state index in [0.717, 1.165) is 11.1 Å². The summed E-state index contributed by atoms with van der Waals surface area (Å²) >= 11 is 0. The van der Waals surface area contributed by atoms with E-state index in [0.29, 0.717) is 29.3 Å². The molecule has 0 bridgehead atoms. The Morgan fingerprint density at radius 1 is 1.02 bits per heavy atom. The van der Waals surface area contributed by atoms with Gasteiger partial charge in [-0.2, -0.15) is 0 Å². The molecule has 5 rings (SSSR count). The van der Waals surface area contributed by atoms with Crippen molar-refractivity contribution in [3.63, 3.8) is 0 Å². The largest absolute Gasteiger partial charge is 0.463 e. The molecule has 9 heteroatoms. The third-order valence-electron chi connectivity index (χ3n) is 7.05. The third-order valence-corrected chi connectivity index (χ3v) is 7.05. The molecule has 0 spiro atoms. The molecule has 3 aromatic carbocycles. The van der Waals surface area contributed by atoms with Crippen molar-refractivity contribution in [2.24, 2.45) is 0 Å². The number of rotatable bonds is 8. The van der Waals surface area contributed by atoms with Gasteiger partial charge in [-0.05, 0) is 60.9 Å². The number of benzene rings is 3. The Balaban J connectivity index is 1.30. The molecule has 206 valence electrons. The summed E-state index contributed by atoms with van der Waals surface area (Å²) in [6, 6.07) is 18.6. The molecule has 0 saturated carbocycles. The van der Waals surface area contributed by atoms with Crippen LogP contribution in [0.25, 0.3) is 0 Å². The number of carbonyl (C=O) groups is 3. The number of hydrogen-bond donors (Lipinski definition) is 1. The molecule has 2 heterocycles. The van der Waals surface area contributed by atoms with Gasteiger partial charge in [0.05, 0.1) is 18.7 Å². The molecule has 2 aliphatic heterocycles. The monoisotopic (exact) mass is 544 g/mol. The van der Waals surface area contributed by atoms with E-state index in [-0.39, 0.29) is 49.3 Å². The maximum atomic E-state index is 14.7. The number of nitrogens with one attached hydrogen (secondary N) is 1. The van der Waals surface area contributed by atoms with Gasteiger partial charge in [0.15, 0.2) is 11.5 Å². The van der Waals surface area contributed by atoms with Crippen LogP contribution in [0, 0.1) is 5.82 Å². The van der Waals surface area contributed by atoms with E-state index in [9.17, 15) is 18.8 Å². The second-order valence-electron chi connectivity index (χ2n) is 9.54. The van der Waals surface area contributed by atoms with Crippen LogP contribution in [0.15, 0.2) is 78.0 Å². The number of allylic oxidation sites excluding steroid dienone is 1. The van der Waals surface area contributed by atoms with Gasteiger partial charge in [0, 0.05) is 30.1 Å². The topological polar surface area (TPSA) is 94.2 Å². The van der Waals surface area contributed by atoms with Crippen LogP contribution >= 0.6 is 0 Å². The fraction of sp³-hybridized carbons (Fsp3) is 0.258. The van der Waals surface area contributed by atoms with E-state index in [1.165, 1.54) is 11.0 Å². The quantitative estimate of drug-likeness (QED) is 0.408. The lowest BCUT2D eigenvalue weighted by atomic mass is 9.83. The lowest BCUT2D eigenvalue weighted by molar-refractivity contribution is -0.140. The zero-order chi connectivity index (χ0) is 28.2. The first-order valence-electron chi connectivity index (χ1n) is 13.0. The van der Waals surface area contributed by atoms with Crippen molar-refractivity contribution in [1.29, 1.82) is 0 Å². The minimum atomic E-state index is -0.736. The van der Waals surface area contributed by atoms with Crippen molar-refractivity contribution in [2.45, 2.75) is 39.3 Å². The predicted octanol–water partition coefficient (Wildman–Crippen LogP) is 4.84. The molecule has 8 nitrogen and oxygen atoms in total. The molecule has 1 unspecified atom stereocenters. The smallest absolute Gasteiger partial charge is 0.336 e. The van der Waals surface area contributed by atoms with Gasteiger partial charge in [0.25, 0.3) is 5.91 Å². The summed E-state index contributed by atoms with van der Waals surface area (Å²) in [7, 11) is 0. The molecule has 1 atom stereocenters. The first-order chi connectivity index (χ1) is 19.4. The summed E-state index contributed by atoms with van der Waals surface area (Å²) in [5, 5.41) is 2.89. The molecule has 0 fully saturated rings. The van der Waals surface area contributed by atoms with Crippen LogP contribution in [0.2, 0.25) is 0 Å². The average Bonchev–Trinajstić information content (AvgIpc) is 3.42. The van der Waals surface area contributed by atoms with Crippen LogP contribution < -0.4 is 14.8 Å². The summed E-state index contributed by atoms with van der Waals surface area (Å²) in [5.74, 6) is -0.925. The Morgan fingerprint density at radius 2 is 1.75 bits per heavy atom. The Labute approximate surface area is 231 Å². The van der Waals surface area contributed by atoms with Crippen molar-refractivity contribution >= 4 is 17.8 Å². The highest BCUT2D eigenvalue weighted by Crippen LogP contribution is 2.38. The van der Waals surface area contributed by atoms with Crippen molar-refractivity contribution < 1.29 is 33.0 Å². The van der Waals surface area contributed by atoms with Crippen molar-refractivity contribution in [2.75, 3.05) is 13.4 Å². The van der Waals surface area contributed by atoms with Gasteiger partial charge in [-0.3, -0.25) is 9.59 Å². The van der Waals surface area contributed by atoms with Gasteiger partial charge in [-0.25, -0.2) is 9.18 Å². The normalized spacial score (nSPS) is 16.2. The van der Waals surface area contributed by atoms with Crippen LogP contribution in [-0.2, 0) is 27.4 Å². The van der Waals surface area contributed by atoms with Crippen LogP contribution in [0.3, 0.4) is 0 Å². The Bertz CT molecular complexity index is 1480. The summed E-state index contributed by atoms with van der Waals surface area (Å²) < 4.78 is 30.6. The van der Waals surface area contributed by atoms with Gasteiger partial charge >= 0.3 is 5.97 Å². The van der Waals surface area contributed by atoms with Gasteiger partial charge in [0.2, 0.25) is 12.7 Å². The van der Waals surface area contributed by atoms with Gasteiger partial charge in [0.1, 0.15) is 5.82 Å². The summed E-state index contributed by atoms with van der Waals surface area (Å²) in [6.45, 7) is 4.23. The molecule has 2 aliphatic rings. The highest BCUT2D eigenvalue weighted by molar-refractivity contribution is 5.96. The minimum Gasteiger partial charge on any atom is -0.463 e. The van der Waals surface area contributed by atoms with Crippen LogP contribution in [-0.4, -0.2) is 36.1 Å². The molecule has 0 saturated heterocycles. The zero-order valence-corrected chi connectivity index (χ0v) is 22.2. The maximum absolute atomic E-state index is 14.7. The first-order valence-corrected chi connectivity index (χ1v) is 13.0. The number of fused-ring (bicyclic) bond motifs is 1. The van der Waals surface area contributed by atoms with E-state index >= 15 is 0 Å². The van der Waals surface area contributed by atoms with Gasteiger partial charge in [-0.1, -0.05) is 36.4 Å². The molecule has 1 N–H and O–H groups in total. The SMILES string of the molecule is CCOC(=O)C1=C(C)N(Cc2ccc(C(=O)NCc3ccc4c(c3)OCO4)cc2)C(=O)CC1c1ccccc1F.